The number of nitrogens with zero attached hydrogens (tertiary/aromatic N) is 2. The molecule has 122 valence electrons. The highest BCUT2D eigenvalue weighted by Crippen LogP contribution is 2.33. The first-order chi connectivity index (χ1) is 10.3. The van der Waals surface area contributed by atoms with E-state index < -0.39 is 5.60 Å². The van der Waals surface area contributed by atoms with Crippen molar-refractivity contribution in [2.45, 2.75) is 58.6 Å². The van der Waals surface area contributed by atoms with Crippen LogP contribution in [0.5, 0.6) is 0 Å². The van der Waals surface area contributed by atoms with Gasteiger partial charge in [0, 0.05) is 19.3 Å². The fraction of sp³-hybridized carbons (Fsp3) is 0.647. The van der Waals surface area contributed by atoms with Gasteiger partial charge in [0.1, 0.15) is 11.4 Å². The number of aromatic nitrogens is 1. The Bertz CT molecular complexity index is 537. The summed E-state index contributed by atoms with van der Waals surface area (Å²) in [4.78, 5) is 18.9. The summed E-state index contributed by atoms with van der Waals surface area (Å²) in [5.74, 6) is 0.848. The summed E-state index contributed by atoms with van der Waals surface area (Å²) < 4.78 is 5.57. The summed E-state index contributed by atoms with van der Waals surface area (Å²) in [6.07, 6.45) is 2.88. The second-order valence-corrected chi connectivity index (χ2v) is 6.81. The molecule has 2 rings (SSSR count). The van der Waals surface area contributed by atoms with Gasteiger partial charge in [-0.25, -0.2) is 9.78 Å². The van der Waals surface area contributed by atoms with Crippen molar-refractivity contribution in [1.82, 2.24) is 9.88 Å². The molecule has 1 aromatic heterocycles. The van der Waals surface area contributed by atoms with E-state index in [1.807, 2.05) is 45.7 Å². The molecule has 1 amide bonds. The van der Waals surface area contributed by atoms with E-state index in [2.05, 4.69) is 16.4 Å². The number of carbonyl (C=O) groups excluding carboxylic acids is 1. The minimum Gasteiger partial charge on any atom is -0.444 e. The van der Waals surface area contributed by atoms with E-state index in [-0.39, 0.29) is 12.1 Å². The average Bonchev–Trinajstić information content (AvgIpc) is 2.45. The summed E-state index contributed by atoms with van der Waals surface area (Å²) in [7, 11) is 1.86. The Kier molecular flexibility index (Phi) is 4.94. The number of piperidine rings is 1. The average molecular weight is 305 g/mol. The molecule has 0 aliphatic carbocycles. The third-order valence-electron chi connectivity index (χ3n) is 3.87. The molecule has 22 heavy (non-hydrogen) atoms. The van der Waals surface area contributed by atoms with Gasteiger partial charge in [0.2, 0.25) is 0 Å². The van der Waals surface area contributed by atoms with Gasteiger partial charge in [0.25, 0.3) is 0 Å². The molecular formula is C17H27N3O2. The first-order valence-corrected chi connectivity index (χ1v) is 7.97. The molecule has 1 saturated heterocycles. The van der Waals surface area contributed by atoms with Crippen LogP contribution in [0.15, 0.2) is 12.1 Å². The Hall–Kier alpha value is -1.78. The summed E-state index contributed by atoms with van der Waals surface area (Å²) in [6.45, 7) is 8.44. The van der Waals surface area contributed by atoms with Crippen molar-refractivity contribution in [1.29, 1.82) is 0 Å². The van der Waals surface area contributed by atoms with Crippen LogP contribution in [0.2, 0.25) is 0 Å². The number of nitrogens with one attached hydrogen (secondary N) is 1. The van der Waals surface area contributed by atoms with Gasteiger partial charge in [0.05, 0.1) is 6.04 Å². The largest absolute Gasteiger partial charge is 0.444 e. The summed E-state index contributed by atoms with van der Waals surface area (Å²) in [5.41, 5.74) is 1.61. The predicted molar refractivity (Wildman–Crippen MR) is 88.1 cm³/mol. The smallest absolute Gasteiger partial charge is 0.410 e. The molecule has 5 heteroatoms. The molecule has 2 heterocycles. The molecule has 0 spiro atoms. The zero-order valence-corrected chi connectivity index (χ0v) is 14.3. The lowest BCUT2D eigenvalue weighted by Crippen LogP contribution is -2.42. The second-order valence-electron chi connectivity index (χ2n) is 6.81. The van der Waals surface area contributed by atoms with Crippen molar-refractivity contribution in [2.75, 3.05) is 18.9 Å². The van der Waals surface area contributed by atoms with E-state index in [4.69, 9.17) is 4.74 Å². The van der Waals surface area contributed by atoms with Gasteiger partial charge in [-0.3, -0.25) is 0 Å². The molecule has 0 radical (unpaired) electrons. The molecule has 1 atom stereocenters. The maximum atomic E-state index is 12.5. The van der Waals surface area contributed by atoms with E-state index in [0.29, 0.717) is 0 Å². The number of pyridine rings is 1. The Labute approximate surface area is 133 Å². The third-order valence-corrected chi connectivity index (χ3v) is 3.87. The van der Waals surface area contributed by atoms with Crippen LogP contribution in [0.1, 0.15) is 57.3 Å². The molecular weight excluding hydrogens is 278 g/mol. The van der Waals surface area contributed by atoms with Crippen LogP contribution in [0.3, 0.4) is 0 Å². The SMILES string of the molecule is CNc1ccc(C2CCCCN2C(=O)OC(C)(C)C)c(C)n1. The van der Waals surface area contributed by atoms with Crippen LogP contribution in [0.4, 0.5) is 10.6 Å². The first kappa shape index (κ1) is 16.6. The number of aryl methyl sites for hydroxylation is 1. The van der Waals surface area contributed by atoms with E-state index >= 15 is 0 Å². The van der Waals surface area contributed by atoms with Crippen LogP contribution < -0.4 is 5.32 Å². The second kappa shape index (κ2) is 6.55. The van der Waals surface area contributed by atoms with Gasteiger partial charge in [-0.15, -0.1) is 0 Å². The van der Waals surface area contributed by atoms with Gasteiger partial charge in [-0.05, 0) is 58.6 Å². The number of carbonyl (C=O) groups is 1. The van der Waals surface area contributed by atoms with Gasteiger partial charge in [-0.1, -0.05) is 6.07 Å². The summed E-state index contributed by atoms with van der Waals surface area (Å²) in [6, 6.07) is 4.09. The normalized spacial score (nSPS) is 19.0. The fourth-order valence-corrected chi connectivity index (χ4v) is 2.86. The van der Waals surface area contributed by atoms with Crippen molar-refractivity contribution < 1.29 is 9.53 Å². The molecule has 1 N–H and O–H groups in total. The third kappa shape index (κ3) is 3.90. The molecule has 1 aliphatic heterocycles. The van der Waals surface area contributed by atoms with Crippen LogP contribution >= 0.6 is 0 Å². The summed E-state index contributed by atoms with van der Waals surface area (Å²) in [5, 5.41) is 3.05. The molecule has 1 fully saturated rings. The van der Waals surface area contributed by atoms with Crippen molar-refractivity contribution in [3.8, 4) is 0 Å². The Morgan fingerprint density at radius 2 is 2.09 bits per heavy atom. The lowest BCUT2D eigenvalue weighted by Gasteiger charge is -2.37. The molecule has 0 aromatic carbocycles. The molecule has 1 aromatic rings. The highest BCUT2D eigenvalue weighted by molar-refractivity contribution is 5.69. The Morgan fingerprint density at radius 3 is 2.68 bits per heavy atom. The molecule has 0 saturated carbocycles. The zero-order chi connectivity index (χ0) is 16.3. The van der Waals surface area contributed by atoms with Crippen molar-refractivity contribution >= 4 is 11.9 Å². The monoisotopic (exact) mass is 305 g/mol. The lowest BCUT2D eigenvalue weighted by molar-refractivity contribution is 0.00942. The number of rotatable bonds is 2. The minimum atomic E-state index is -0.470. The number of hydrogen-bond acceptors (Lipinski definition) is 4. The molecule has 0 bridgehead atoms. The number of hydrogen-bond donors (Lipinski definition) is 1. The zero-order valence-electron chi connectivity index (χ0n) is 14.3. The molecule has 1 unspecified atom stereocenters. The highest BCUT2D eigenvalue weighted by Gasteiger charge is 2.32. The van der Waals surface area contributed by atoms with Gasteiger partial charge in [0.15, 0.2) is 0 Å². The maximum Gasteiger partial charge on any atom is 0.410 e. The number of ether oxygens (including phenoxy) is 1. The number of likely N-dealkylation sites (tertiary alicyclic amines) is 1. The quantitative estimate of drug-likeness (QED) is 0.900. The van der Waals surface area contributed by atoms with E-state index in [1.54, 1.807) is 0 Å². The van der Waals surface area contributed by atoms with Crippen molar-refractivity contribution in [2.24, 2.45) is 0 Å². The standard InChI is InChI=1S/C17H27N3O2/c1-12-13(9-10-15(18-5)19-12)14-8-6-7-11-20(14)16(21)22-17(2,3)4/h9-10,14H,6-8,11H2,1-5H3,(H,18,19). The molecule has 1 aliphatic rings. The lowest BCUT2D eigenvalue weighted by atomic mass is 9.94. The minimum absolute atomic E-state index is 0.0574. The van der Waals surface area contributed by atoms with Crippen LogP contribution in [0, 0.1) is 6.92 Å². The Morgan fingerprint density at radius 1 is 1.36 bits per heavy atom. The van der Waals surface area contributed by atoms with E-state index in [0.717, 1.165) is 42.9 Å². The number of anilines is 1. The van der Waals surface area contributed by atoms with E-state index in [1.165, 1.54) is 0 Å². The topological polar surface area (TPSA) is 54.5 Å². The molecule has 5 nitrogen and oxygen atoms in total. The van der Waals surface area contributed by atoms with Gasteiger partial charge in [-0.2, -0.15) is 0 Å². The van der Waals surface area contributed by atoms with Crippen LogP contribution in [0.25, 0.3) is 0 Å². The van der Waals surface area contributed by atoms with Gasteiger partial charge >= 0.3 is 6.09 Å². The highest BCUT2D eigenvalue weighted by atomic mass is 16.6. The number of amides is 1. The van der Waals surface area contributed by atoms with Crippen LogP contribution in [-0.2, 0) is 4.74 Å². The van der Waals surface area contributed by atoms with E-state index in [9.17, 15) is 4.79 Å². The summed E-state index contributed by atoms with van der Waals surface area (Å²) >= 11 is 0. The first-order valence-electron chi connectivity index (χ1n) is 7.97. The predicted octanol–water partition coefficient (Wildman–Crippen LogP) is 3.89. The van der Waals surface area contributed by atoms with Crippen LogP contribution in [-0.4, -0.2) is 35.2 Å². The Balaban J connectivity index is 2.24. The van der Waals surface area contributed by atoms with Gasteiger partial charge < -0.3 is 15.0 Å². The maximum absolute atomic E-state index is 12.5. The fourth-order valence-electron chi connectivity index (χ4n) is 2.86. The van der Waals surface area contributed by atoms with Crippen molar-refractivity contribution in [3.05, 3.63) is 23.4 Å². The van der Waals surface area contributed by atoms with Crippen molar-refractivity contribution in [3.63, 3.8) is 0 Å².